The molecule has 1 aliphatic carbocycles. The van der Waals surface area contributed by atoms with Gasteiger partial charge in [0.15, 0.2) is 5.96 Å². The van der Waals surface area contributed by atoms with E-state index in [0.29, 0.717) is 31.7 Å². The molecule has 0 saturated heterocycles. The Balaban J connectivity index is 0.00000324. The van der Waals surface area contributed by atoms with Gasteiger partial charge < -0.3 is 20.5 Å². The van der Waals surface area contributed by atoms with E-state index < -0.39 is 6.10 Å². The van der Waals surface area contributed by atoms with E-state index in [0.717, 1.165) is 12.5 Å². The molecule has 0 spiro atoms. The molecule has 1 unspecified atom stereocenters. The molecular formula is C13H28IN3O2. The van der Waals surface area contributed by atoms with Crippen LogP contribution in [0.15, 0.2) is 4.99 Å². The maximum absolute atomic E-state index is 9.74. The van der Waals surface area contributed by atoms with Crippen molar-refractivity contribution in [3.8, 4) is 0 Å². The molecule has 114 valence electrons. The molecule has 0 heterocycles. The van der Waals surface area contributed by atoms with Crippen molar-refractivity contribution in [2.24, 2.45) is 10.9 Å². The van der Waals surface area contributed by atoms with Crippen LogP contribution < -0.4 is 10.6 Å². The second-order valence-electron chi connectivity index (χ2n) is 5.22. The average molecular weight is 385 g/mol. The smallest absolute Gasteiger partial charge is 0.191 e. The van der Waals surface area contributed by atoms with Crippen LogP contribution in [0.2, 0.25) is 0 Å². The van der Waals surface area contributed by atoms with Gasteiger partial charge in [-0.3, -0.25) is 4.99 Å². The lowest BCUT2D eigenvalue weighted by Crippen LogP contribution is -2.39. The second kappa shape index (κ2) is 10.7. The van der Waals surface area contributed by atoms with Gasteiger partial charge in [-0.1, -0.05) is 13.8 Å². The summed E-state index contributed by atoms with van der Waals surface area (Å²) in [5, 5.41) is 16.2. The summed E-state index contributed by atoms with van der Waals surface area (Å²) in [6.45, 7) is 8.46. The fraction of sp³-hybridized carbons (Fsp3) is 0.923. The summed E-state index contributed by atoms with van der Waals surface area (Å²) in [5.74, 6) is 1.29. The van der Waals surface area contributed by atoms with E-state index >= 15 is 0 Å². The van der Waals surface area contributed by atoms with Crippen molar-refractivity contribution in [1.82, 2.24) is 10.6 Å². The molecule has 0 aromatic carbocycles. The zero-order valence-corrected chi connectivity index (χ0v) is 14.5. The molecule has 6 heteroatoms. The minimum atomic E-state index is -0.529. The van der Waals surface area contributed by atoms with E-state index in [-0.39, 0.29) is 24.0 Å². The first kappa shape index (κ1) is 18.9. The van der Waals surface area contributed by atoms with Crippen LogP contribution in [0.3, 0.4) is 0 Å². The first-order chi connectivity index (χ1) is 8.61. The van der Waals surface area contributed by atoms with Crippen LogP contribution in [0.4, 0.5) is 0 Å². The molecule has 1 rings (SSSR count). The number of aliphatic hydroxyl groups excluding tert-OH is 1. The summed E-state index contributed by atoms with van der Waals surface area (Å²) < 4.78 is 5.38. The molecule has 0 aromatic rings. The average Bonchev–Trinajstić information content (AvgIpc) is 3.09. The van der Waals surface area contributed by atoms with Crippen LogP contribution in [0, 0.1) is 5.92 Å². The Kier molecular flexibility index (Phi) is 10.6. The Morgan fingerprint density at radius 1 is 1.37 bits per heavy atom. The van der Waals surface area contributed by atoms with Crippen LogP contribution >= 0.6 is 24.0 Å². The molecule has 5 nitrogen and oxygen atoms in total. The van der Waals surface area contributed by atoms with Gasteiger partial charge in [-0.25, -0.2) is 0 Å². The topological polar surface area (TPSA) is 65.9 Å². The third-order valence-electron chi connectivity index (χ3n) is 2.48. The third-order valence-corrected chi connectivity index (χ3v) is 2.48. The largest absolute Gasteiger partial charge is 0.389 e. The van der Waals surface area contributed by atoms with Gasteiger partial charge in [0, 0.05) is 19.2 Å². The van der Waals surface area contributed by atoms with E-state index in [1.165, 1.54) is 12.8 Å². The zero-order valence-electron chi connectivity index (χ0n) is 12.2. The minimum absolute atomic E-state index is 0. The number of hydrogen-bond donors (Lipinski definition) is 3. The predicted octanol–water partition coefficient (Wildman–Crippen LogP) is 1.36. The Morgan fingerprint density at radius 2 is 2.05 bits per heavy atom. The molecule has 1 atom stereocenters. The molecule has 1 fully saturated rings. The summed E-state index contributed by atoms with van der Waals surface area (Å²) in [7, 11) is 0. The van der Waals surface area contributed by atoms with Crippen molar-refractivity contribution in [1.29, 1.82) is 0 Å². The fourth-order valence-electron chi connectivity index (χ4n) is 1.43. The second-order valence-corrected chi connectivity index (χ2v) is 5.22. The fourth-order valence-corrected chi connectivity index (χ4v) is 1.43. The van der Waals surface area contributed by atoms with Crippen LogP contribution in [0.5, 0.6) is 0 Å². The highest BCUT2D eigenvalue weighted by atomic mass is 127. The van der Waals surface area contributed by atoms with E-state index in [4.69, 9.17) is 4.74 Å². The van der Waals surface area contributed by atoms with Gasteiger partial charge in [-0.05, 0) is 25.7 Å². The number of nitrogens with one attached hydrogen (secondary N) is 2. The third kappa shape index (κ3) is 10.4. The highest BCUT2D eigenvalue weighted by Crippen LogP contribution is 2.18. The standard InChI is InChI=1S/C13H27N3O2.HI/c1-4-14-13(16-11-5-6-11)15-7-12(17)9-18-8-10(2)3;/h10-12,17H,4-9H2,1-3H3,(H2,14,15,16);1H. The van der Waals surface area contributed by atoms with E-state index in [1.807, 2.05) is 6.92 Å². The van der Waals surface area contributed by atoms with E-state index in [2.05, 4.69) is 29.5 Å². The Hall–Kier alpha value is -0.0800. The number of aliphatic imine (C=N–C) groups is 1. The number of rotatable bonds is 8. The quantitative estimate of drug-likeness (QED) is 0.335. The number of hydrogen-bond acceptors (Lipinski definition) is 3. The van der Waals surface area contributed by atoms with Gasteiger partial charge >= 0.3 is 0 Å². The molecule has 1 saturated carbocycles. The van der Waals surface area contributed by atoms with Gasteiger partial charge in [0.2, 0.25) is 0 Å². The number of nitrogens with zero attached hydrogens (tertiary/aromatic N) is 1. The SMILES string of the molecule is CCNC(=NCC(O)COCC(C)C)NC1CC1.I. The van der Waals surface area contributed by atoms with Crippen molar-refractivity contribution < 1.29 is 9.84 Å². The molecule has 19 heavy (non-hydrogen) atoms. The predicted molar refractivity (Wildman–Crippen MR) is 89.2 cm³/mol. The first-order valence-corrected chi connectivity index (χ1v) is 6.92. The van der Waals surface area contributed by atoms with Gasteiger partial charge in [0.25, 0.3) is 0 Å². The highest BCUT2D eigenvalue weighted by Gasteiger charge is 2.22. The molecule has 0 aromatic heterocycles. The Morgan fingerprint density at radius 3 is 2.58 bits per heavy atom. The molecule has 0 bridgehead atoms. The molecule has 3 N–H and O–H groups in total. The van der Waals surface area contributed by atoms with Crippen molar-refractivity contribution >= 4 is 29.9 Å². The molecule has 0 amide bonds. The van der Waals surface area contributed by atoms with Gasteiger partial charge in [0.1, 0.15) is 0 Å². The summed E-state index contributed by atoms with van der Waals surface area (Å²) in [6, 6.07) is 0.567. The number of guanidine groups is 1. The van der Waals surface area contributed by atoms with Gasteiger partial charge in [-0.2, -0.15) is 0 Å². The number of halogens is 1. The minimum Gasteiger partial charge on any atom is -0.389 e. The summed E-state index contributed by atoms with van der Waals surface area (Å²) >= 11 is 0. The Bertz CT molecular complexity index is 258. The lowest BCUT2D eigenvalue weighted by Gasteiger charge is -2.13. The Labute approximate surface area is 133 Å². The van der Waals surface area contributed by atoms with E-state index in [1.54, 1.807) is 0 Å². The normalized spacial score (nSPS) is 17.0. The summed E-state index contributed by atoms with van der Waals surface area (Å²) in [6.07, 6.45) is 1.90. The van der Waals surface area contributed by atoms with E-state index in [9.17, 15) is 5.11 Å². The summed E-state index contributed by atoms with van der Waals surface area (Å²) in [5.41, 5.74) is 0. The molecule has 0 aliphatic heterocycles. The van der Waals surface area contributed by atoms with Crippen LogP contribution in [-0.4, -0.2) is 49.5 Å². The maximum atomic E-state index is 9.74. The van der Waals surface area contributed by atoms with Crippen LogP contribution in [0.1, 0.15) is 33.6 Å². The maximum Gasteiger partial charge on any atom is 0.191 e. The van der Waals surface area contributed by atoms with Crippen molar-refractivity contribution in [3.63, 3.8) is 0 Å². The highest BCUT2D eigenvalue weighted by molar-refractivity contribution is 14.0. The van der Waals surface area contributed by atoms with Crippen LogP contribution in [0.25, 0.3) is 0 Å². The zero-order chi connectivity index (χ0) is 13.4. The van der Waals surface area contributed by atoms with Crippen molar-refractivity contribution in [2.45, 2.75) is 45.8 Å². The first-order valence-electron chi connectivity index (χ1n) is 6.92. The van der Waals surface area contributed by atoms with Gasteiger partial charge in [-0.15, -0.1) is 24.0 Å². The number of ether oxygens (including phenoxy) is 1. The summed E-state index contributed by atoms with van der Waals surface area (Å²) in [4.78, 5) is 4.36. The molecule has 1 aliphatic rings. The number of aliphatic hydroxyl groups is 1. The monoisotopic (exact) mass is 385 g/mol. The van der Waals surface area contributed by atoms with Crippen molar-refractivity contribution in [3.05, 3.63) is 0 Å². The lowest BCUT2D eigenvalue weighted by atomic mass is 10.2. The van der Waals surface area contributed by atoms with Crippen molar-refractivity contribution in [2.75, 3.05) is 26.3 Å². The lowest BCUT2D eigenvalue weighted by molar-refractivity contribution is 0.0301. The molecule has 0 radical (unpaired) electrons. The van der Waals surface area contributed by atoms with Gasteiger partial charge in [0.05, 0.1) is 19.3 Å². The van der Waals surface area contributed by atoms with Crippen LogP contribution in [-0.2, 0) is 4.74 Å². The molecular weight excluding hydrogens is 357 g/mol.